The standard InChI is InChI=1S/C33H34O4.C7H14.C3H8.2C2H6/c1-20-31(32(35)37-19-36-20)29-7-6-25-13-26(4-5-27(25)14-29)28-3-2-24(8-9-34)30(15-28)33-16-21-10-22(17-33)12-23(11-21)18-33;1-3-5-7-6-4-2;1-3-2;2*1-2/h2-7,13-15,21-23,31,34H,1,8-12,16-19H2;3,5H,4,6-7H2,1-2H3;3H2,1-2H3;2*1-2H3/b;5-3+;;;. The number of benzene rings is 3. The minimum atomic E-state index is -0.584. The van der Waals surface area contributed by atoms with Crippen LogP contribution in [0.25, 0.3) is 21.9 Å². The smallest absolute Gasteiger partial charge is 0.324 e. The molecular formula is C47H68O4. The summed E-state index contributed by atoms with van der Waals surface area (Å²) < 4.78 is 10.5. The van der Waals surface area contributed by atoms with E-state index in [9.17, 15) is 9.90 Å². The van der Waals surface area contributed by atoms with Crippen LogP contribution in [0.2, 0.25) is 0 Å². The largest absolute Gasteiger partial charge is 0.461 e. The van der Waals surface area contributed by atoms with Crippen LogP contribution in [-0.2, 0) is 26.1 Å². The summed E-state index contributed by atoms with van der Waals surface area (Å²) in [6, 6.07) is 19.6. The van der Waals surface area contributed by atoms with Crippen molar-refractivity contribution in [2.45, 2.75) is 137 Å². The number of hydrogen-bond acceptors (Lipinski definition) is 4. The number of fused-ring (bicyclic) bond motifs is 1. The SMILES string of the molecule is C/C=C/CCCC.C=C1OCOC(=O)C1c1ccc2cc(-c3ccc(CCO)c(C45CC6CC(CC(C6)C4)C5)c3)ccc2c1.CC.CC.CCC. The van der Waals surface area contributed by atoms with Gasteiger partial charge in [-0.2, -0.15) is 0 Å². The van der Waals surface area contributed by atoms with Gasteiger partial charge in [0.15, 0.2) is 0 Å². The molecule has 1 unspecified atom stereocenters. The van der Waals surface area contributed by atoms with Gasteiger partial charge >= 0.3 is 5.97 Å². The van der Waals surface area contributed by atoms with Crippen LogP contribution in [0.3, 0.4) is 0 Å². The van der Waals surface area contributed by atoms with E-state index >= 15 is 0 Å². The van der Waals surface area contributed by atoms with E-state index in [0.29, 0.717) is 11.2 Å². The Bertz CT molecular complexity index is 1500. The van der Waals surface area contributed by atoms with Gasteiger partial charge in [-0.25, -0.2) is 0 Å². The molecule has 1 aliphatic heterocycles. The first-order valence-corrected chi connectivity index (χ1v) is 20.2. The van der Waals surface area contributed by atoms with Crippen LogP contribution in [0, 0.1) is 17.8 Å². The van der Waals surface area contributed by atoms with Crippen LogP contribution in [-0.4, -0.2) is 24.5 Å². The molecule has 3 aromatic carbocycles. The number of aliphatic hydroxyl groups excluding tert-OH is 1. The third kappa shape index (κ3) is 10.6. The molecule has 0 amide bonds. The number of rotatable bonds is 8. The Kier molecular flexibility index (Phi) is 17.5. The molecule has 0 radical (unpaired) electrons. The number of ether oxygens (including phenoxy) is 2. The summed E-state index contributed by atoms with van der Waals surface area (Å²) in [4.78, 5) is 12.3. The highest BCUT2D eigenvalue weighted by Crippen LogP contribution is 2.61. The molecule has 5 aliphatic rings. The molecule has 1 heterocycles. The second kappa shape index (κ2) is 21.2. The van der Waals surface area contributed by atoms with Gasteiger partial charge < -0.3 is 14.6 Å². The van der Waals surface area contributed by atoms with Gasteiger partial charge in [0.05, 0.1) is 0 Å². The predicted molar refractivity (Wildman–Crippen MR) is 217 cm³/mol. The molecular weight excluding hydrogens is 629 g/mol. The fraction of sp³-hybridized carbons (Fsp3) is 0.553. The molecule has 5 fully saturated rings. The predicted octanol–water partition coefficient (Wildman–Crippen LogP) is 12.9. The van der Waals surface area contributed by atoms with E-state index in [1.165, 1.54) is 86.5 Å². The summed E-state index contributed by atoms with van der Waals surface area (Å²) in [5.74, 6) is 2.19. The second-order valence-corrected chi connectivity index (χ2v) is 14.4. The molecule has 1 atom stereocenters. The number of carbonyl (C=O) groups excluding carboxylic acids is 1. The van der Waals surface area contributed by atoms with Crippen LogP contribution in [0.5, 0.6) is 0 Å². The highest BCUT2D eigenvalue weighted by molar-refractivity contribution is 5.90. The minimum absolute atomic E-state index is 0.0621. The topological polar surface area (TPSA) is 55.8 Å². The highest BCUT2D eigenvalue weighted by atomic mass is 16.7. The molecule has 0 aromatic heterocycles. The lowest BCUT2D eigenvalue weighted by atomic mass is 9.47. The van der Waals surface area contributed by atoms with Crippen molar-refractivity contribution in [3.63, 3.8) is 0 Å². The van der Waals surface area contributed by atoms with Crippen molar-refractivity contribution in [2.75, 3.05) is 13.4 Å². The number of hydrogen-bond donors (Lipinski definition) is 1. The molecule has 4 nitrogen and oxygen atoms in total. The van der Waals surface area contributed by atoms with Gasteiger partial charge in [-0.1, -0.05) is 129 Å². The lowest BCUT2D eigenvalue weighted by Gasteiger charge is -2.57. The lowest BCUT2D eigenvalue weighted by Crippen LogP contribution is -2.49. The van der Waals surface area contributed by atoms with Crippen LogP contribution >= 0.6 is 0 Å². The molecule has 280 valence electrons. The van der Waals surface area contributed by atoms with Crippen LogP contribution in [0.1, 0.15) is 142 Å². The maximum atomic E-state index is 12.3. The number of cyclic esters (lactones) is 1. The maximum absolute atomic E-state index is 12.3. The molecule has 51 heavy (non-hydrogen) atoms. The Morgan fingerprint density at radius 2 is 1.39 bits per heavy atom. The quantitative estimate of drug-likeness (QED) is 0.145. The Balaban J connectivity index is 0.000000436. The summed E-state index contributed by atoms with van der Waals surface area (Å²) in [5, 5.41) is 12.0. The first kappa shape index (κ1) is 42.0. The molecule has 4 heteroatoms. The first-order chi connectivity index (χ1) is 24.8. The van der Waals surface area contributed by atoms with Gasteiger partial charge in [0, 0.05) is 6.61 Å². The van der Waals surface area contributed by atoms with Gasteiger partial charge in [0.2, 0.25) is 6.79 Å². The van der Waals surface area contributed by atoms with Crippen LogP contribution in [0.4, 0.5) is 0 Å². The van der Waals surface area contributed by atoms with Crippen molar-refractivity contribution in [2.24, 2.45) is 17.8 Å². The molecule has 0 spiro atoms. The average Bonchev–Trinajstić information content (AvgIpc) is 3.13. The zero-order valence-electron chi connectivity index (χ0n) is 33.2. The molecule has 4 saturated carbocycles. The average molecular weight is 697 g/mol. The maximum Gasteiger partial charge on any atom is 0.324 e. The highest BCUT2D eigenvalue weighted by Gasteiger charge is 2.52. The van der Waals surface area contributed by atoms with Crippen molar-refractivity contribution in [3.8, 4) is 11.1 Å². The summed E-state index contributed by atoms with van der Waals surface area (Å²) in [5.41, 5.74) is 6.42. The Morgan fingerprint density at radius 1 is 0.824 bits per heavy atom. The van der Waals surface area contributed by atoms with E-state index < -0.39 is 5.92 Å². The number of unbranched alkanes of at least 4 members (excludes halogenated alkanes) is 2. The lowest BCUT2D eigenvalue weighted by molar-refractivity contribution is -0.164. The fourth-order valence-electron chi connectivity index (χ4n) is 8.92. The van der Waals surface area contributed by atoms with Gasteiger partial charge in [-0.3, -0.25) is 4.79 Å². The summed E-state index contributed by atoms with van der Waals surface area (Å²) in [6.45, 7) is 20.6. The number of esters is 1. The van der Waals surface area contributed by atoms with Gasteiger partial charge in [-0.05, 0) is 132 Å². The van der Waals surface area contributed by atoms with Crippen molar-refractivity contribution in [1.29, 1.82) is 0 Å². The molecule has 1 N–H and O–H groups in total. The van der Waals surface area contributed by atoms with E-state index in [-0.39, 0.29) is 19.4 Å². The fourth-order valence-corrected chi connectivity index (χ4v) is 8.92. The Hall–Kier alpha value is -3.37. The van der Waals surface area contributed by atoms with Gasteiger partial charge in [0.25, 0.3) is 0 Å². The Labute approximate surface area is 310 Å². The van der Waals surface area contributed by atoms with Gasteiger partial charge in [-0.15, -0.1) is 0 Å². The minimum Gasteiger partial charge on any atom is -0.461 e. The molecule has 1 saturated heterocycles. The summed E-state index contributed by atoms with van der Waals surface area (Å²) in [7, 11) is 0. The molecule has 8 rings (SSSR count). The first-order valence-electron chi connectivity index (χ1n) is 20.2. The van der Waals surface area contributed by atoms with Gasteiger partial charge in [0.1, 0.15) is 11.7 Å². The number of aliphatic hydroxyl groups is 1. The zero-order chi connectivity index (χ0) is 37.4. The van der Waals surface area contributed by atoms with Crippen LogP contribution < -0.4 is 0 Å². The normalized spacial score (nSPS) is 24.1. The molecule has 4 aliphatic carbocycles. The van der Waals surface area contributed by atoms with Crippen molar-refractivity contribution in [3.05, 3.63) is 95.8 Å². The van der Waals surface area contributed by atoms with E-state index in [1.54, 1.807) is 0 Å². The second-order valence-electron chi connectivity index (χ2n) is 14.4. The van der Waals surface area contributed by atoms with Crippen LogP contribution in [0.15, 0.2) is 79.1 Å². The molecule has 4 bridgehead atoms. The van der Waals surface area contributed by atoms with E-state index in [4.69, 9.17) is 9.47 Å². The van der Waals surface area contributed by atoms with Crippen molar-refractivity contribution < 1.29 is 19.4 Å². The number of allylic oxidation sites excluding steroid dienone is 2. The van der Waals surface area contributed by atoms with Crippen molar-refractivity contribution >= 4 is 16.7 Å². The molecule has 3 aromatic rings. The van der Waals surface area contributed by atoms with E-state index in [2.05, 4.69) is 88.9 Å². The zero-order valence-corrected chi connectivity index (χ0v) is 33.2. The summed E-state index contributed by atoms with van der Waals surface area (Å²) in [6.07, 6.45) is 18.5. The Morgan fingerprint density at radius 3 is 1.96 bits per heavy atom. The van der Waals surface area contributed by atoms with Crippen molar-refractivity contribution in [1.82, 2.24) is 0 Å². The third-order valence-electron chi connectivity index (χ3n) is 10.6. The van der Waals surface area contributed by atoms with E-state index in [1.807, 2.05) is 39.8 Å². The number of carbonyl (C=O) groups is 1. The van der Waals surface area contributed by atoms with E-state index in [0.717, 1.165) is 40.5 Å². The summed E-state index contributed by atoms with van der Waals surface area (Å²) >= 11 is 0. The monoisotopic (exact) mass is 697 g/mol. The third-order valence-corrected chi connectivity index (χ3v) is 10.6.